The number of ether oxygens (including phenoxy) is 1. The van der Waals surface area contributed by atoms with Gasteiger partial charge < -0.3 is 9.15 Å². The Morgan fingerprint density at radius 2 is 1.95 bits per heavy atom. The van der Waals surface area contributed by atoms with Crippen LogP contribution in [0.25, 0.3) is 11.1 Å². The number of furan rings is 1. The first-order valence-electron chi connectivity index (χ1n) is 7.05. The number of rotatable bonds is 2. The number of aromatic nitrogens is 1. The van der Waals surface area contributed by atoms with Crippen molar-refractivity contribution in [3.63, 3.8) is 0 Å². The lowest BCUT2D eigenvalue weighted by Gasteiger charge is -2.18. The van der Waals surface area contributed by atoms with Gasteiger partial charge in [-0.1, -0.05) is 24.3 Å². The van der Waals surface area contributed by atoms with Crippen molar-refractivity contribution in [2.24, 2.45) is 0 Å². The van der Waals surface area contributed by atoms with Crippen LogP contribution in [0.3, 0.4) is 0 Å². The van der Waals surface area contributed by atoms with E-state index in [9.17, 15) is 0 Å². The van der Waals surface area contributed by atoms with Gasteiger partial charge in [-0.25, -0.2) is 0 Å². The van der Waals surface area contributed by atoms with Gasteiger partial charge in [0.25, 0.3) is 0 Å². The monoisotopic (exact) mass is 278 g/mol. The quantitative estimate of drug-likeness (QED) is 0.526. The summed E-state index contributed by atoms with van der Waals surface area (Å²) in [6.07, 6.45) is 6.48. The van der Waals surface area contributed by atoms with Crippen molar-refractivity contribution in [2.45, 2.75) is 13.0 Å². The highest BCUT2D eigenvalue weighted by Gasteiger charge is 2.27. The highest BCUT2D eigenvalue weighted by molar-refractivity contribution is 5.70. The number of hydrogen-bond donors (Lipinski definition) is 0. The maximum absolute atomic E-state index is 5.72. The summed E-state index contributed by atoms with van der Waals surface area (Å²) in [7, 11) is 1.74. The molecule has 3 heterocycles. The summed E-state index contributed by atoms with van der Waals surface area (Å²) in [6.45, 7) is 0.896. The fourth-order valence-electron chi connectivity index (χ4n) is 3.07. The molecule has 4 rings (SSSR count). The molecule has 1 aliphatic rings. The van der Waals surface area contributed by atoms with Crippen molar-refractivity contribution >= 4 is 0 Å². The van der Waals surface area contributed by atoms with Crippen LogP contribution in [0, 0.1) is 0 Å². The van der Waals surface area contributed by atoms with Gasteiger partial charge in [0, 0.05) is 22.8 Å². The standard InChI is InChI=1S/C18H16NO2/c1-20-18-16(15-7-9-21-12-15)6-8-19-11-14-5-3-2-4-13(14)10-17(18)19/h2-9,12H,10-11H2,1H3/q+1. The summed E-state index contributed by atoms with van der Waals surface area (Å²) in [5, 5.41) is 0. The van der Waals surface area contributed by atoms with E-state index in [2.05, 4.69) is 41.1 Å². The molecule has 21 heavy (non-hydrogen) atoms. The topological polar surface area (TPSA) is 26.2 Å². The van der Waals surface area contributed by atoms with E-state index in [0.29, 0.717) is 0 Å². The van der Waals surface area contributed by atoms with Crippen LogP contribution < -0.4 is 9.30 Å². The molecule has 0 spiro atoms. The second-order valence-corrected chi connectivity index (χ2v) is 5.29. The van der Waals surface area contributed by atoms with Crippen LogP contribution in [-0.2, 0) is 13.0 Å². The van der Waals surface area contributed by atoms with E-state index in [0.717, 1.165) is 29.8 Å². The van der Waals surface area contributed by atoms with Crippen LogP contribution in [0.4, 0.5) is 0 Å². The molecule has 0 saturated carbocycles. The molecule has 1 aliphatic heterocycles. The van der Waals surface area contributed by atoms with Gasteiger partial charge in [-0.3, -0.25) is 0 Å². The van der Waals surface area contributed by atoms with Gasteiger partial charge in [0.05, 0.1) is 26.1 Å². The van der Waals surface area contributed by atoms with E-state index < -0.39 is 0 Å². The number of nitrogens with zero attached hydrogens (tertiary/aromatic N) is 1. The zero-order chi connectivity index (χ0) is 14.2. The molecule has 104 valence electrons. The minimum absolute atomic E-state index is 0.894. The predicted octanol–water partition coefficient (Wildman–Crippen LogP) is 3.20. The van der Waals surface area contributed by atoms with Gasteiger partial charge in [0.2, 0.25) is 5.69 Å². The smallest absolute Gasteiger partial charge is 0.229 e. The molecule has 0 aliphatic carbocycles. The maximum Gasteiger partial charge on any atom is 0.229 e. The average Bonchev–Trinajstić information content (AvgIpc) is 3.06. The normalized spacial score (nSPS) is 12.6. The van der Waals surface area contributed by atoms with E-state index in [4.69, 9.17) is 9.15 Å². The molecule has 0 amide bonds. The molecule has 0 radical (unpaired) electrons. The number of pyridine rings is 1. The fraction of sp³-hybridized carbons (Fsp3) is 0.167. The summed E-state index contributed by atoms with van der Waals surface area (Å²) < 4.78 is 13.2. The molecule has 1 aromatic carbocycles. The zero-order valence-electron chi connectivity index (χ0n) is 11.9. The largest absolute Gasteiger partial charge is 0.490 e. The van der Waals surface area contributed by atoms with Crippen molar-refractivity contribution in [1.82, 2.24) is 0 Å². The van der Waals surface area contributed by atoms with Crippen LogP contribution in [0.5, 0.6) is 5.75 Å². The average molecular weight is 278 g/mol. The first-order chi connectivity index (χ1) is 10.4. The number of benzene rings is 1. The summed E-state index contributed by atoms with van der Waals surface area (Å²) >= 11 is 0. The Labute approximate surface area is 123 Å². The Kier molecular flexibility index (Phi) is 2.78. The number of hydrogen-bond acceptors (Lipinski definition) is 2. The first kappa shape index (κ1) is 12.2. The lowest BCUT2D eigenvalue weighted by molar-refractivity contribution is -0.697. The number of fused-ring (bicyclic) bond motifs is 2. The third kappa shape index (κ3) is 1.93. The van der Waals surface area contributed by atoms with Crippen LogP contribution in [0.15, 0.2) is 59.5 Å². The Balaban J connectivity index is 1.88. The third-order valence-electron chi connectivity index (χ3n) is 4.13. The summed E-state index contributed by atoms with van der Waals surface area (Å²) in [4.78, 5) is 0. The van der Waals surface area contributed by atoms with Gasteiger partial charge >= 0.3 is 0 Å². The van der Waals surface area contributed by atoms with Crippen molar-refractivity contribution < 1.29 is 13.7 Å². The van der Waals surface area contributed by atoms with Crippen LogP contribution in [-0.4, -0.2) is 7.11 Å². The highest BCUT2D eigenvalue weighted by atomic mass is 16.5. The second kappa shape index (κ2) is 4.77. The molecule has 0 atom stereocenters. The van der Waals surface area contributed by atoms with Gasteiger partial charge in [0.15, 0.2) is 18.5 Å². The molecule has 0 fully saturated rings. The van der Waals surface area contributed by atoms with E-state index in [-0.39, 0.29) is 0 Å². The van der Waals surface area contributed by atoms with E-state index in [1.165, 1.54) is 16.8 Å². The van der Waals surface area contributed by atoms with E-state index in [1.54, 1.807) is 19.6 Å². The molecule has 0 bridgehead atoms. The predicted molar refractivity (Wildman–Crippen MR) is 79.2 cm³/mol. The SMILES string of the molecule is COc1c(-c2ccoc2)cc[n+]2c1Cc1ccccc1C2. The number of methoxy groups -OCH3 is 1. The van der Waals surface area contributed by atoms with Gasteiger partial charge in [0.1, 0.15) is 0 Å². The molecule has 2 aromatic heterocycles. The van der Waals surface area contributed by atoms with Gasteiger partial charge in [-0.05, 0) is 11.6 Å². The minimum atomic E-state index is 0.894. The third-order valence-corrected chi connectivity index (χ3v) is 4.13. The lowest BCUT2D eigenvalue weighted by atomic mass is 9.96. The van der Waals surface area contributed by atoms with Gasteiger partial charge in [-0.15, -0.1) is 0 Å². The minimum Gasteiger partial charge on any atom is -0.490 e. The molecular formula is C18H16NO2+. The first-order valence-corrected chi connectivity index (χ1v) is 7.05. The fourth-order valence-corrected chi connectivity index (χ4v) is 3.07. The Hall–Kier alpha value is -2.55. The van der Waals surface area contributed by atoms with Crippen LogP contribution in [0.1, 0.15) is 16.8 Å². The molecular weight excluding hydrogens is 262 g/mol. The van der Waals surface area contributed by atoms with Crippen molar-refractivity contribution in [3.8, 4) is 16.9 Å². The molecule has 3 nitrogen and oxygen atoms in total. The van der Waals surface area contributed by atoms with Crippen LogP contribution >= 0.6 is 0 Å². The van der Waals surface area contributed by atoms with E-state index in [1.807, 2.05) is 6.07 Å². The summed E-state index contributed by atoms with van der Waals surface area (Å²) in [5.74, 6) is 0.938. The summed E-state index contributed by atoms with van der Waals surface area (Å²) in [5.41, 5.74) is 6.11. The lowest BCUT2D eigenvalue weighted by Crippen LogP contribution is -2.42. The van der Waals surface area contributed by atoms with Crippen molar-refractivity contribution in [2.75, 3.05) is 7.11 Å². The molecule has 3 aromatic rings. The molecule has 0 saturated heterocycles. The van der Waals surface area contributed by atoms with Crippen LogP contribution in [0.2, 0.25) is 0 Å². The molecule has 3 heteroatoms. The second-order valence-electron chi connectivity index (χ2n) is 5.29. The molecule has 0 N–H and O–H groups in total. The van der Waals surface area contributed by atoms with Crippen molar-refractivity contribution in [1.29, 1.82) is 0 Å². The maximum atomic E-state index is 5.72. The Morgan fingerprint density at radius 1 is 1.10 bits per heavy atom. The van der Waals surface area contributed by atoms with E-state index >= 15 is 0 Å². The van der Waals surface area contributed by atoms with Gasteiger partial charge in [-0.2, -0.15) is 4.57 Å². The Morgan fingerprint density at radius 3 is 2.71 bits per heavy atom. The highest BCUT2D eigenvalue weighted by Crippen LogP contribution is 2.34. The van der Waals surface area contributed by atoms with Crippen molar-refractivity contribution in [3.05, 3.63) is 71.9 Å². The molecule has 0 unspecified atom stereocenters. The zero-order valence-corrected chi connectivity index (χ0v) is 11.9. The summed E-state index contributed by atoms with van der Waals surface area (Å²) in [6, 6.07) is 12.7. The Bertz CT molecular complexity index is 791.